The fourth-order valence-electron chi connectivity index (χ4n) is 1.54. The SMILES string of the molecule is CCN(CC(C)C#N)c1nc(NN)nc(OC(C)C)n1. The van der Waals surface area contributed by atoms with Gasteiger partial charge in [-0.3, -0.25) is 5.43 Å². The van der Waals surface area contributed by atoms with Crippen LogP contribution in [0.25, 0.3) is 0 Å². The minimum absolute atomic E-state index is 0.0519. The van der Waals surface area contributed by atoms with E-state index >= 15 is 0 Å². The van der Waals surface area contributed by atoms with E-state index in [1.165, 1.54) is 0 Å². The van der Waals surface area contributed by atoms with Gasteiger partial charge < -0.3 is 9.64 Å². The Hall–Kier alpha value is -2.14. The Bertz CT molecular complexity index is 471. The van der Waals surface area contributed by atoms with Crippen LogP contribution in [0.2, 0.25) is 0 Å². The molecule has 0 amide bonds. The number of nitrogens with zero attached hydrogens (tertiary/aromatic N) is 5. The Labute approximate surface area is 119 Å². The van der Waals surface area contributed by atoms with Crippen molar-refractivity contribution in [3.05, 3.63) is 0 Å². The zero-order chi connectivity index (χ0) is 15.1. The van der Waals surface area contributed by atoms with Crippen molar-refractivity contribution >= 4 is 11.9 Å². The highest BCUT2D eigenvalue weighted by molar-refractivity contribution is 5.37. The highest BCUT2D eigenvalue weighted by atomic mass is 16.5. The quantitative estimate of drug-likeness (QED) is 0.560. The first-order valence-corrected chi connectivity index (χ1v) is 6.54. The van der Waals surface area contributed by atoms with Gasteiger partial charge >= 0.3 is 6.01 Å². The molecule has 110 valence electrons. The Morgan fingerprint density at radius 1 is 1.35 bits per heavy atom. The highest BCUT2D eigenvalue weighted by Crippen LogP contribution is 2.16. The monoisotopic (exact) mass is 279 g/mol. The van der Waals surface area contributed by atoms with Crippen LogP contribution in [-0.4, -0.2) is 34.1 Å². The first kappa shape index (κ1) is 15.9. The molecule has 3 N–H and O–H groups in total. The maximum absolute atomic E-state index is 8.91. The topological polar surface area (TPSA) is 113 Å². The molecule has 0 saturated carbocycles. The molecule has 20 heavy (non-hydrogen) atoms. The van der Waals surface area contributed by atoms with Gasteiger partial charge in [-0.1, -0.05) is 0 Å². The fraction of sp³-hybridized carbons (Fsp3) is 0.667. The Morgan fingerprint density at radius 3 is 2.55 bits per heavy atom. The molecule has 1 aromatic rings. The van der Waals surface area contributed by atoms with E-state index < -0.39 is 0 Å². The van der Waals surface area contributed by atoms with Crippen LogP contribution in [-0.2, 0) is 0 Å². The summed E-state index contributed by atoms with van der Waals surface area (Å²) in [5.41, 5.74) is 2.39. The summed E-state index contributed by atoms with van der Waals surface area (Å²) in [6.07, 6.45) is -0.0519. The lowest BCUT2D eigenvalue weighted by atomic mass is 10.2. The van der Waals surface area contributed by atoms with E-state index in [0.29, 0.717) is 19.0 Å². The summed E-state index contributed by atoms with van der Waals surface area (Å²) in [6, 6.07) is 2.40. The summed E-state index contributed by atoms with van der Waals surface area (Å²) in [6.45, 7) is 8.77. The van der Waals surface area contributed by atoms with E-state index in [1.54, 1.807) is 0 Å². The summed E-state index contributed by atoms with van der Waals surface area (Å²) < 4.78 is 5.47. The predicted molar refractivity (Wildman–Crippen MR) is 76.1 cm³/mol. The first-order valence-electron chi connectivity index (χ1n) is 6.54. The molecule has 0 bridgehead atoms. The second-order valence-corrected chi connectivity index (χ2v) is 4.62. The number of hydrazine groups is 1. The molecular weight excluding hydrogens is 258 g/mol. The van der Waals surface area contributed by atoms with Crippen molar-refractivity contribution in [1.29, 1.82) is 5.26 Å². The van der Waals surface area contributed by atoms with Crippen molar-refractivity contribution in [3.63, 3.8) is 0 Å². The fourth-order valence-corrected chi connectivity index (χ4v) is 1.54. The van der Waals surface area contributed by atoms with Crippen molar-refractivity contribution in [3.8, 4) is 12.1 Å². The van der Waals surface area contributed by atoms with Gasteiger partial charge in [0.1, 0.15) is 0 Å². The van der Waals surface area contributed by atoms with Crippen molar-refractivity contribution in [2.24, 2.45) is 11.8 Å². The van der Waals surface area contributed by atoms with Gasteiger partial charge in [0.05, 0.1) is 18.1 Å². The van der Waals surface area contributed by atoms with E-state index in [-0.39, 0.29) is 24.0 Å². The number of anilines is 2. The normalized spacial score (nSPS) is 11.8. The third-order valence-corrected chi connectivity index (χ3v) is 2.45. The van der Waals surface area contributed by atoms with Crippen molar-refractivity contribution in [1.82, 2.24) is 15.0 Å². The predicted octanol–water partition coefficient (Wildman–Crippen LogP) is 0.930. The second kappa shape index (κ2) is 7.45. The Balaban J connectivity index is 3.04. The molecule has 1 heterocycles. The molecule has 0 saturated heterocycles. The Morgan fingerprint density at radius 2 is 2.05 bits per heavy atom. The average Bonchev–Trinajstić information content (AvgIpc) is 2.43. The second-order valence-electron chi connectivity index (χ2n) is 4.62. The minimum atomic E-state index is -0.129. The summed E-state index contributed by atoms with van der Waals surface area (Å²) in [5.74, 6) is 5.90. The van der Waals surface area contributed by atoms with Gasteiger partial charge in [-0.2, -0.15) is 20.2 Å². The van der Waals surface area contributed by atoms with Crippen LogP contribution in [0.5, 0.6) is 6.01 Å². The smallest absolute Gasteiger partial charge is 0.323 e. The highest BCUT2D eigenvalue weighted by Gasteiger charge is 2.15. The molecule has 0 fully saturated rings. The largest absolute Gasteiger partial charge is 0.461 e. The number of hydrogen-bond acceptors (Lipinski definition) is 8. The van der Waals surface area contributed by atoms with Crippen LogP contribution < -0.4 is 20.9 Å². The summed E-state index contributed by atoms with van der Waals surface area (Å²) in [5, 5.41) is 8.91. The number of nitrogens with two attached hydrogens (primary N) is 1. The van der Waals surface area contributed by atoms with Crippen LogP contribution in [0.3, 0.4) is 0 Å². The molecule has 0 aliphatic carbocycles. The van der Waals surface area contributed by atoms with Gasteiger partial charge in [-0.05, 0) is 27.7 Å². The molecule has 0 aromatic carbocycles. The third kappa shape index (κ3) is 4.51. The molecule has 0 aliphatic heterocycles. The molecule has 0 spiro atoms. The van der Waals surface area contributed by atoms with Crippen LogP contribution in [0.4, 0.5) is 11.9 Å². The molecule has 8 nitrogen and oxygen atoms in total. The number of nitrogen functional groups attached to an aromatic ring is 1. The summed E-state index contributed by atoms with van der Waals surface area (Å²) >= 11 is 0. The van der Waals surface area contributed by atoms with Crippen molar-refractivity contribution in [2.45, 2.75) is 33.8 Å². The molecule has 0 radical (unpaired) electrons. The zero-order valence-electron chi connectivity index (χ0n) is 12.3. The van der Waals surface area contributed by atoms with Crippen LogP contribution in [0, 0.1) is 17.2 Å². The maximum Gasteiger partial charge on any atom is 0.323 e. The van der Waals surface area contributed by atoms with Gasteiger partial charge in [-0.15, -0.1) is 0 Å². The van der Waals surface area contributed by atoms with E-state index in [0.717, 1.165) is 0 Å². The van der Waals surface area contributed by atoms with Crippen molar-refractivity contribution < 1.29 is 4.74 Å². The number of aromatic nitrogens is 3. The van der Waals surface area contributed by atoms with Crippen LogP contribution >= 0.6 is 0 Å². The summed E-state index contributed by atoms with van der Waals surface area (Å²) in [4.78, 5) is 14.4. The molecule has 0 aliphatic rings. The van der Waals surface area contributed by atoms with Gasteiger partial charge in [0, 0.05) is 13.1 Å². The standard InChI is InChI=1S/C12H21N7O/c1-5-19(7-9(4)6-13)11-15-10(18-14)16-12(17-11)20-8(2)3/h8-9H,5,7,14H2,1-4H3,(H,15,16,17,18). The average molecular weight is 279 g/mol. The van der Waals surface area contributed by atoms with Gasteiger partial charge in [0.2, 0.25) is 11.9 Å². The number of ether oxygens (including phenoxy) is 1. The van der Waals surface area contributed by atoms with Crippen LogP contribution in [0.15, 0.2) is 0 Å². The number of rotatable bonds is 7. The maximum atomic E-state index is 8.91. The third-order valence-electron chi connectivity index (χ3n) is 2.45. The first-order chi connectivity index (χ1) is 9.49. The summed E-state index contributed by atoms with van der Waals surface area (Å²) in [7, 11) is 0. The molecule has 8 heteroatoms. The lowest BCUT2D eigenvalue weighted by Crippen LogP contribution is -2.30. The molecule has 1 rings (SSSR count). The number of nitrogens with one attached hydrogen (secondary N) is 1. The van der Waals surface area contributed by atoms with Gasteiger partial charge in [0.15, 0.2) is 0 Å². The molecule has 1 aromatic heterocycles. The van der Waals surface area contributed by atoms with E-state index in [1.807, 2.05) is 32.6 Å². The number of hydrogen-bond donors (Lipinski definition) is 2. The van der Waals surface area contributed by atoms with E-state index in [2.05, 4.69) is 26.4 Å². The lowest BCUT2D eigenvalue weighted by Gasteiger charge is -2.22. The van der Waals surface area contributed by atoms with E-state index in [4.69, 9.17) is 15.8 Å². The van der Waals surface area contributed by atoms with Gasteiger partial charge in [-0.25, -0.2) is 5.84 Å². The van der Waals surface area contributed by atoms with E-state index in [9.17, 15) is 0 Å². The lowest BCUT2D eigenvalue weighted by molar-refractivity contribution is 0.222. The molecule has 1 atom stereocenters. The zero-order valence-corrected chi connectivity index (χ0v) is 12.3. The van der Waals surface area contributed by atoms with Crippen LogP contribution in [0.1, 0.15) is 27.7 Å². The molecule has 1 unspecified atom stereocenters. The number of nitriles is 1. The Kier molecular flexibility index (Phi) is 5.93. The minimum Gasteiger partial charge on any atom is -0.461 e. The van der Waals surface area contributed by atoms with Gasteiger partial charge in [0.25, 0.3) is 0 Å². The van der Waals surface area contributed by atoms with Crippen molar-refractivity contribution in [2.75, 3.05) is 23.4 Å². The molecular formula is C12H21N7O.